The lowest BCUT2D eigenvalue weighted by atomic mass is 10.2. The lowest BCUT2D eigenvalue weighted by Crippen LogP contribution is -2.42. The number of aromatic nitrogens is 3. The molecule has 0 radical (unpaired) electrons. The van der Waals surface area contributed by atoms with Crippen LogP contribution in [-0.2, 0) is 23.1 Å². The molecule has 0 amide bonds. The maximum atomic E-state index is 5.64. The first-order chi connectivity index (χ1) is 11.2. The molecule has 2 heterocycles. The van der Waals surface area contributed by atoms with Gasteiger partial charge in [0, 0.05) is 33.4 Å². The van der Waals surface area contributed by atoms with E-state index in [0.717, 1.165) is 50.2 Å². The molecule has 23 heavy (non-hydrogen) atoms. The fourth-order valence-corrected chi connectivity index (χ4v) is 2.31. The monoisotopic (exact) mass is 324 g/mol. The van der Waals surface area contributed by atoms with Crippen LogP contribution in [0.4, 0.5) is 0 Å². The predicted octanol–water partition coefficient (Wildman–Crippen LogP) is 0.374. The molecule has 0 aromatic carbocycles. The molecular formula is C15H28N6O2. The van der Waals surface area contributed by atoms with E-state index in [1.54, 1.807) is 0 Å². The van der Waals surface area contributed by atoms with Crippen LogP contribution in [0.1, 0.15) is 31.4 Å². The van der Waals surface area contributed by atoms with E-state index in [9.17, 15) is 0 Å². The molecule has 0 spiro atoms. The number of aliphatic imine (C=N–C) groups is 1. The number of nitrogens with one attached hydrogen (secondary N) is 2. The van der Waals surface area contributed by atoms with Crippen molar-refractivity contribution < 1.29 is 9.47 Å². The number of ether oxygens (including phenoxy) is 2. The molecule has 2 N–H and O–H groups in total. The molecule has 1 atom stereocenters. The SMILES string of the molecule is CCOCCNC(=NCc1nnc(C)n1C)NCC1CCCO1. The minimum Gasteiger partial charge on any atom is -0.380 e. The van der Waals surface area contributed by atoms with Gasteiger partial charge in [-0.1, -0.05) is 0 Å². The van der Waals surface area contributed by atoms with Crippen LogP contribution >= 0.6 is 0 Å². The van der Waals surface area contributed by atoms with Crippen LogP contribution in [0.5, 0.6) is 0 Å². The summed E-state index contributed by atoms with van der Waals surface area (Å²) in [7, 11) is 1.95. The molecular weight excluding hydrogens is 296 g/mol. The van der Waals surface area contributed by atoms with Crippen molar-refractivity contribution in [3.63, 3.8) is 0 Å². The third kappa shape index (κ3) is 5.80. The van der Waals surface area contributed by atoms with E-state index in [2.05, 4.69) is 25.8 Å². The van der Waals surface area contributed by atoms with Crippen molar-refractivity contribution in [2.24, 2.45) is 12.0 Å². The van der Waals surface area contributed by atoms with Crippen molar-refractivity contribution in [1.82, 2.24) is 25.4 Å². The summed E-state index contributed by atoms with van der Waals surface area (Å²) < 4.78 is 12.9. The van der Waals surface area contributed by atoms with Gasteiger partial charge < -0.3 is 24.7 Å². The van der Waals surface area contributed by atoms with Crippen LogP contribution < -0.4 is 10.6 Å². The summed E-state index contributed by atoms with van der Waals surface area (Å²) in [6.45, 7) is 8.09. The Balaban J connectivity index is 1.87. The molecule has 0 aliphatic carbocycles. The van der Waals surface area contributed by atoms with E-state index in [0.29, 0.717) is 19.7 Å². The molecule has 1 saturated heterocycles. The van der Waals surface area contributed by atoms with Gasteiger partial charge in [0.15, 0.2) is 11.8 Å². The zero-order valence-corrected chi connectivity index (χ0v) is 14.3. The Morgan fingerprint density at radius 3 is 2.96 bits per heavy atom. The van der Waals surface area contributed by atoms with Crippen LogP contribution in [0.3, 0.4) is 0 Å². The smallest absolute Gasteiger partial charge is 0.191 e. The average molecular weight is 324 g/mol. The second-order valence-electron chi connectivity index (χ2n) is 5.53. The number of hydrogen-bond donors (Lipinski definition) is 2. The van der Waals surface area contributed by atoms with Crippen molar-refractivity contribution in [2.45, 2.75) is 39.3 Å². The zero-order chi connectivity index (χ0) is 16.5. The molecule has 2 rings (SSSR count). The van der Waals surface area contributed by atoms with Gasteiger partial charge in [-0.25, -0.2) is 4.99 Å². The second kappa shape index (κ2) is 9.46. The quantitative estimate of drug-likeness (QED) is 0.408. The predicted molar refractivity (Wildman–Crippen MR) is 88.4 cm³/mol. The lowest BCUT2D eigenvalue weighted by Gasteiger charge is -2.15. The Morgan fingerprint density at radius 2 is 2.30 bits per heavy atom. The highest BCUT2D eigenvalue weighted by Gasteiger charge is 2.15. The van der Waals surface area contributed by atoms with Crippen molar-refractivity contribution in [3.05, 3.63) is 11.6 Å². The topological polar surface area (TPSA) is 85.6 Å². The third-order valence-electron chi connectivity index (χ3n) is 3.83. The molecule has 130 valence electrons. The zero-order valence-electron chi connectivity index (χ0n) is 14.3. The van der Waals surface area contributed by atoms with E-state index in [4.69, 9.17) is 9.47 Å². The Hall–Kier alpha value is -1.67. The van der Waals surface area contributed by atoms with Crippen molar-refractivity contribution in [1.29, 1.82) is 0 Å². The molecule has 1 aliphatic rings. The van der Waals surface area contributed by atoms with Gasteiger partial charge in [0.2, 0.25) is 0 Å². The minimum atomic E-state index is 0.269. The maximum absolute atomic E-state index is 5.64. The van der Waals surface area contributed by atoms with E-state index >= 15 is 0 Å². The summed E-state index contributed by atoms with van der Waals surface area (Å²) in [6, 6.07) is 0. The van der Waals surface area contributed by atoms with Crippen LogP contribution in [-0.4, -0.2) is 59.7 Å². The molecule has 1 aliphatic heterocycles. The Kier molecular flexibility index (Phi) is 7.28. The first kappa shape index (κ1) is 17.7. The molecule has 1 aromatic heterocycles. The molecule has 1 fully saturated rings. The Labute approximate surface area is 137 Å². The molecule has 8 nitrogen and oxygen atoms in total. The highest BCUT2D eigenvalue weighted by Crippen LogP contribution is 2.10. The van der Waals surface area contributed by atoms with Crippen LogP contribution in [0.25, 0.3) is 0 Å². The standard InChI is InChI=1S/C15H28N6O2/c1-4-22-9-7-16-15(17-10-13-6-5-8-23-13)18-11-14-20-19-12(2)21(14)3/h13H,4-11H2,1-3H3,(H2,16,17,18). The Morgan fingerprint density at radius 1 is 1.43 bits per heavy atom. The summed E-state index contributed by atoms with van der Waals surface area (Å²) in [5, 5.41) is 14.8. The van der Waals surface area contributed by atoms with Crippen LogP contribution in [0, 0.1) is 6.92 Å². The lowest BCUT2D eigenvalue weighted by molar-refractivity contribution is 0.113. The molecule has 0 saturated carbocycles. The summed E-state index contributed by atoms with van der Waals surface area (Å²) in [5.41, 5.74) is 0. The first-order valence-corrected chi connectivity index (χ1v) is 8.27. The van der Waals surface area contributed by atoms with Crippen molar-refractivity contribution in [3.8, 4) is 0 Å². The summed E-state index contributed by atoms with van der Waals surface area (Å²) >= 11 is 0. The normalized spacial score (nSPS) is 18.4. The fraction of sp³-hybridized carbons (Fsp3) is 0.800. The van der Waals surface area contributed by atoms with Crippen LogP contribution in [0.2, 0.25) is 0 Å². The number of guanidine groups is 1. The highest BCUT2D eigenvalue weighted by atomic mass is 16.5. The molecule has 1 aromatic rings. The largest absolute Gasteiger partial charge is 0.380 e. The first-order valence-electron chi connectivity index (χ1n) is 8.27. The van der Waals surface area contributed by atoms with E-state index < -0.39 is 0 Å². The maximum Gasteiger partial charge on any atom is 0.191 e. The van der Waals surface area contributed by atoms with Gasteiger partial charge in [0.05, 0.1) is 12.7 Å². The van der Waals surface area contributed by atoms with Crippen molar-refractivity contribution in [2.75, 3.05) is 32.9 Å². The van der Waals surface area contributed by atoms with Gasteiger partial charge >= 0.3 is 0 Å². The minimum absolute atomic E-state index is 0.269. The van der Waals surface area contributed by atoms with Gasteiger partial charge in [-0.2, -0.15) is 0 Å². The average Bonchev–Trinajstić information content (AvgIpc) is 3.18. The van der Waals surface area contributed by atoms with Gasteiger partial charge in [0.1, 0.15) is 12.4 Å². The third-order valence-corrected chi connectivity index (χ3v) is 3.83. The van der Waals surface area contributed by atoms with E-state index in [1.807, 2.05) is 25.5 Å². The van der Waals surface area contributed by atoms with Gasteiger partial charge in [-0.15, -0.1) is 10.2 Å². The highest BCUT2D eigenvalue weighted by molar-refractivity contribution is 5.79. The number of aryl methyl sites for hydroxylation is 1. The number of hydrogen-bond acceptors (Lipinski definition) is 5. The van der Waals surface area contributed by atoms with Gasteiger partial charge in [0.25, 0.3) is 0 Å². The molecule has 8 heteroatoms. The van der Waals surface area contributed by atoms with E-state index in [1.165, 1.54) is 0 Å². The number of nitrogens with zero attached hydrogens (tertiary/aromatic N) is 4. The molecule has 0 bridgehead atoms. The van der Waals surface area contributed by atoms with Gasteiger partial charge in [-0.3, -0.25) is 0 Å². The number of rotatable bonds is 8. The van der Waals surface area contributed by atoms with Crippen molar-refractivity contribution >= 4 is 5.96 Å². The van der Waals surface area contributed by atoms with E-state index in [-0.39, 0.29) is 6.10 Å². The summed E-state index contributed by atoms with van der Waals surface area (Å²) in [6.07, 6.45) is 2.50. The van der Waals surface area contributed by atoms with Crippen LogP contribution in [0.15, 0.2) is 4.99 Å². The summed E-state index contributed by atoms with van der Waals surface area (Å²) in [4.78, 5) is 4.59. The summed E-state index contributed by atoms with van der Waals surface area (Å²) in [5.74, 6) is 2.47. The van der Waals surface area contributed by atoms with Gasteiger partial charge in [-0.05, 0) is 26.7 Å². The fourth-order valence-electron chi connectivity index (χ4n) is 2.31. The Bertz CT molecular complexity index is 496. The molecule has 1 unspecified atom stereocenters. The second-order valence-corrected chi connectivity index (χ2v) is 5.53.